The summed E-state index contributed by atoms with van der Waals surface area (Å²) in [5, 5.41) is 8.09. The standard InChI is InChI=1S/C48H35N3S/c1-28-18-21-41-36-25-39-44(51-42-16-7-5-13-33(42)37-26-38-35-14-6-8-17-45(35)52-48(38)46(39)47(37)51)24-30(36)19-20-34-31-11-3-4-12-32(31)40-15-9-10-22-49(40)43(34)23-29(2)50(41)27-28/h3-18,21-22,24-27,34,43H,2,19-20,23H2,1H3/q+2. The number of hydrogen-bond donors (Lipinski definition) is 0. The molecule has 2 aliphatic heterocycles. The summed E-state index contributed by atoms with van der Waals surface area (Å²) in [5.74, 6) is 0.357. The Hall–Kier alpha value is -5.84. The fourth-order valence-corrected chi connectivity index (χ4v) is 11.3. The molecule has 2 unspecified atom stereocenters. The molecule has 5 aromatic heterocycles. The molecule has 12 rings (SSSR count). The van der Waals surface area contributed by atoms with Gasteiger partial charge in [0.1, 0.15) is 0 Å². The Morgan fingerprint density at radius 3 is 2.48 bits per heavy atom. The van der Waals surface area contributed by atoms with Crippen molar-refractivity contribution in [1.29, 1.82) is 0 Å². The van der Waals surface area contributed by atoms with Crippen LogP contribution < -0.4 is 9.13 Å². The fraction of sp³-hybridized carbons (Fsp3) is 0.125. The van der Waals surface area contributed by atoms with Crippen LogP contribution in [0.4, 0.5) is 0 Å². The van der Waals surface area contributed by atoms with Crippen molar-refractivity contribution in [3.63, 3.8) is 0 Å². The number of aromatic nitrogens is 3. The zero-order valence-electron chi connectivity index (χ0n) is 28.9. The van der Waals surface area contributed by atoms with Gasteiger partial charge in [-0.2, -0.15) is 9.13 Å². The molecule has 7 heterocycles. The first kappa shape index (κ1) is 28.8. The van der Waals surface area contributed by atoms with Gasteiger partial charge in [0.25, 0.3) is 0 Å². The van der Waals surface area contributed by atoms with E-state index in [-0.39, 0.29) is 6.04 Å². The minimum Gasteiger partial charge on any atom is -0.308 e. The van der Waals surface area contributed by atoms with Gasteiger partial charge in [0.15, 0.2) is 24.1 Å². The van der Waals surface area contributed by atoms with Crippen molar-refractivity contribution >= 4 is 75.3 Å². The van der Waals surface area contributed by atoms with Crippen molar-refractivity contribution in [3.05, 3.63) is 157 Å². The number of rotatable bonds is 0. The molecule has 0 spiro atoms. The smallest absolute Gasteiger partial charge is 0.218 e. The molecule has 0 bridgehead atoms. The van der Waals surface area contributed by atoms with Crippen LogP contribution in [0.3, 0.4) is 0 Å². The van der Waals surface area contributed by atoms with E-state index >= 15 is 0 Å². The summed E-state index contributed by atoms with van der Waals surface area (Å²) in [6.07, 6.45) is 7.52. The maximum absolute atomic E-state index is 4.84. The summed E-state index contributed by atoms with van der Waals surface area (Å²) in [5.41, 5.74) is 14.4. The number of para-hydroxylation sites is 1. The van der Waals surface area contributed by atoms with E-state index < -0.39 is 0 Å². The highest BCUT2D eigenvalue weighted by Gasteiger charge is 2.42. The Kier molecular flexibility index (Phi) is 5.75. The lowest BCUT2D eigenvalue weighted by molar-refractivity contribution is -0.720. The molecule has 5 aromatic carbocycles. The monoisotopic (exact) mass is 685 g/mol. The van der Waals surface area contributed by atoms with Crippen LogP contribution in [0, 0.1) is 6.92 Å². The van der Waals surface area contributed by atoms with Crippen LogP contribution in [0.15, 0.2) is 140 Å². The molecule has 4 heteroatoms. The van der Waals surface area contributed by atoms with Crippen molar-refractivity contribution in [2.75, 3.05) is 0 Å². The van der Waals surface area contributed by atoms with E-state index in [0.29, 0.717) is 5.92 Å². The number of allylic oxidation sites excluding steroid dienone is 1. The third-order valence-corrected chi connectivity index (χ3v) is 13.5. The van der Waals surface area contributed by atoms with Crippen molar-refractivity contribution in [2.45, 2.75) is 38.1 Å². The molecule has 2 aliphatic rings. The molecule has 0 radical (unpaired) electrons. The van der Waals surface area contributed by atoms with E-state index in [4.69, 9.17) is 6.58 Å². The normalized spacial score (nSPS) is 17.1. The highest BCUT2D eigenvalue weighted by molar-refractivity contribution is 7.26. The van der Waals surface area contributed by atoms with E-state index in [1.54, 1.807) is 0 Å². The van der Waals surface area contributed by atoms with Crippen LogP contribution in [0.2, 0.25) is 0 Å². The highest BCUT2D eigenvalue weighted by atomic mass is 32.1. The maximum atomic E-state index is 4.84. The molecule has 0 N–H and O–H groups in total. The molecular formula is C48H35N3S+2. The second kappa shape index (κ2) is 10.4. The second-order valence-corrected chi connectivity index (χ2v) is 16.1. The van der Waals surface area contributed by atoms with Crippen molar-refractivity contribution in [2.24, 2.45) is 0 Å². The molecule has 2 atom stereocenters. The summed E-state index contributed by atoms with van der Waals surface area (Å²) in [4.78, 5) is 0. The lowest BCUT2D eigenvalue weighted by Crippen LogP contribution is -2.49. The molecule has 0 saturated heterocycles. The Morgan fingerprint density at radius 1 is 0.712 bits per heavy atom. The van der Waals surface area contributed by atoms with Crippen molar-refractivity contribution in [1.82, 2.24) is 4.40 Å². The predicted octanol–water partition coefficient (Wildman–Crippen LogP) is 11.6. The van der Waals surface area contributed by atoms with Gasteiger partial charge in [-0.3, -0.25) is 0 Å². The van der Waals surface area contributed by atoms with E-state index in [1.807, 2.05) is 11.3 Å². The van der Waals surface area contributed by atoms with Gasteiger partial charge in [0.2, 0.25) is 11.4 Å². The highest BCUT2D eigenvalue weighted by Crippen LogP contribution is 2.49. The van der Waals surface area contributed by atoms with Gasteiger partial charge in [-0.15, -0.1) is 11.3 Å². The Bertz CT molecular complexity index is 3160. The molecule has 246 valence electrons. The third-order valence-electron chi connectivity index (χ3n) is 12.3. The average Bonchev–Trinajstić information content (AvgIpc) is 3.83. The van der Waals surface area contributed by atoms with Crippen LogP contribution in [-0.4, -0.2) is 4.40 Å². The fourth-order valence-electron chi connectivity index (χ4n) is 10.0. The molecule has 0 fully saturated rings. The molecule has 0 amide bonds. The summed E-state index contributed by atoms with van der Waals surface area (Å²) >= 11 is 1.94. The van der Waals surface area contributed by atoms with Crippen LogP contribution in [0.5, 0.6) is 0 Å². The van der Waals surface area contributed by atoms with Gasteiger partial charge in [-0.05, 0) is 86.0 Å². The van der Waals surface area contributed by atoms with Crippen LogP contribution in [-0.2, 0) is 6.42 Å². The molecule has 3 nitrogen and oxygen atoms in total. The summed E-state index contributed by atoms with van der Waals surface area (Å²) in [6, 6.07) is 46.1. The SMILES string of the molecule is C=C1CC2C(CCc3cc4c(cc3-c3ccc(C)c[n+]31)c1c3sc5ccccc5c3cc3c5ccccc5n4c31)c1ccccc1-c1cccc[n+]12. The number of nitrogens with zero attached hydrogens (tertiary/aromatic N) is 3. The number of fused-ring (bicyclic) bond motifs is 19. The van der Waals surface area contributed by atoms with E-state index in [2.05, 4.69) is 154 Å². The number of benzene rings is 5. The van der Waals surface area contributed by atoms with E-state index in [0.717, 1.165) is 25.0 Å². The van der Waals surface area contributed by atoms with E-state index in [1.165, 1.54) is 97.5 Å². The Labute approximate surface area is 305 Å². The van der Waals surface area contributed by atoms with Gasteiger partial charge < -0.3 is 4.40 Å². The predicted molar refractivity (Wildman–Crippen MR) is 216 cm³/mol. The zero-order chi connectivity index (χ0) is 34.2. The van der Waals surface area contributed by atoms with Crippen LogP contribution >= 0.6 is 11.3 Å². The molecule has 10 aromatic rings. The number of aryl methyl sites for hydroxylation is 2. The van der Waals surface area contributed by atoms with Crippen LogP contribution in [0.1, 0.15) is 41.5 Å². The summed E-state index contributed by atoms with van der Waals surface area (Å²) in [6.45, 7) is 7.04. The first-order valence-electron chi connectivity index (χ1n) is 18.5. The minimum absolute atomic E-state index is 0.272. The molecular weight excluding hydrogens is 651 g/mol. The first-order chi connectivity index (χ1) is 25.6. The van der Waals surface area contributed by atoms with Gasteiger partial charge in [0.05, 0.1) is 28.5 Å². The van der Waals surface area contributed by atoms with Gasteiger partial charge in [0, 0.05) is 77.0 Å². The van der Waals surface area contributed by atoms with Crippen molar-refractivity contribution < 1.29 is 9.13 Å². The minimum atomic E-state index is 0.272. The third kappa shape index (κ3) is 3.75. The molecule has 0 aliphatic carbocycles. The van der Waals surface area contributed by atoms with Crippen molar-refractivity contribution in [3.8, 4) is 22.5 Å². The number of pyridine rings is 2. The van der Waals surface area contributed by atoms with Gasteiger partial charge in [-0.1, -0.05) is 54.6 Å². The first-order valence-corrected chi connectivity index (χ1v) is 19.3. The largest absolute Gasteiger partial charge is 0.308 e. The van der Waals surface area contributed by atoms with Gasteiger partial charge in [-0.25, -0.2) is 0 Å². The van der Waals surface area contributed by atoms with E-state index in [9.17, 15) is 0 Å². The number of hydrogen-bond acceptors (Lipinski definition) is 1. The summed E-state index contributed by atoms with van der Waals surface area (Å²) in [7, 11) is 0. The quantitative estimate of drug-likeness (QED) is 0.141. The van der Waals surface area contributed by atoms with Gasteiger partial charge >= 0.3 is 0 Å². The number of thiophene rings is 1. The topological polar surface area (TPSA) is 12.2 Å². The average molecular weight is 686 g/mol. The lowest BCUT2D eigenvalue weighted by atomic mass is 9.77. The Balaban J connectivity index is 1.19. The molecule has 52 heavy (non-hydrogen) atoms. The Morgan fingerprint density at radius 2 is 1.54 bits per heavy atom. The lowest BCUT2D eigenvalue weighted by Gasteiger charge is -2.31. The van der Waals surface area contributed by atoms with Crippen LogP contribution in [0.25, 0.3) is 86.5 Å². The zero-order valence-corrected chi connectivity index (χ0v) is 29.8. The maximum Gasteiger partial charge on any atom is 0.218 e. The summed E-state index contributed by atoms with van der Waals surface area (Å²) < 4.78 is 10.3. The second-order valence-electron chi connectivity index (χ2n) is 15.0. The molecule has 0 saturated carbocycles.